The fraction of sp³-hybridized carbons (Fsp3) is 0. The van der Waals surface area contributed by atoms with Crippen LogP contribution in [0.4, 0.5) is 0 Å². The van der Waals surface area contributed by atoms with E-state index in [1.54, 1.807) is 0 Å². The van der Waals surface area contributed by atoms with E-state index in [-0.39, 0.29) is 40.6 Å². The molecular weight excluding hydrogens is 84.1 g/mol. The zero-order valence-electron chi connectivity index (χ0n) is 4.01. The summed E-state index contributed by atoms with van der Waals surface area (Å²) in [5.41, 5.74) is 6.64. The van der Waals surface area contributed by atoms with Gasteiger partial charge < -0.3 is 2.85 Å². The Morgan fingerprint density at radius 2 is 2.00 bits per heavy atom. The summed E-state index contributed by atoms with van der Waals surface area (Å²) >= 11 is 0. The van der Waals surface area contributed by atoms with E-state index < -0.39 is 0 Å². The van der Waals surface area contributed by atoms with Gasteiger partial charge in [0.05, 0.1) is 0 Å². The van der Waals surface area contributed by atoms with Crippen LogP contribution in [-0.2, 0) is 0 Å². The van der Waals surface area contributed by atoms with Crippen molar-refractivity contribution in [3.8, 4) is 0 Å². The van der Waals surface area contributed by atoms with E-state index in [1.165, 1.54) is 4.97 Å². The van der Waals surface area contributed by atoms with E-state index in [4.69, 9.17) is 10.4 Å². The fourth-order valence-corrected chi connectivity index (χ4v) is 0. The second-order valence-corrected chi connectivity index (χ2v) is 0.0816. The molecule has 0 aromatic carbocycles. The standard InChI is InChI=1S/Ca.N2O.2H/c;1-2-3;;/q+2;;2*-1. The van der Waals surface area contributed by atoms with Gasteiger partial charge in [-0.15, -0.1) is 0 Å². The zero-order valence-corrected chi connectivity index (χ0v) is 4.22. The third-order valence-corrected chi connectivity index (χ3v) is 0. The molecule has 0 bridgehead atoms. The second kappa shape index (κ2) is 9.57. The summed E-state index contributed by atoms with van der Waals surface area (Å²) < 4.78 is 0. The van der Waals surface area contributed by atoms with Gasteiger partial charge in [-0.3, -0.25) is 5.53 Å². The Morgan fingerprint density at radius 1 is 2.00 bits per heavy atom. The van der Waals surface area contributed by atoms with Crippen molar-refractivity contribution in [2.24, 2.45) is 0 Å². The molecule has 0 aliphatic heterocycles. The summed E-state index contributed by atoms with van der Waals surface area (Å²) in [7, 11) is 0. The van der Waals surface area contributed by atoms with Crippen molar-refractivity contribution in [3.05, 3.63) is 10.4 Å². The summed E-state index contributed by atoms with van der Waals surface area (Å²) in [5.74, 6) is 0. The number of hydrogen-bond donors (Lipinski definition) is 0. The van der Waals surface area contributed by atoms with Gasteiger partial charge in [-0.25, -0.2) is 0 Å². The van der Waals surface area contributed by atoms with Crippen LogP contribution in [0.15, 0.2) is 0 Å². The Kier molecular flexibility index (Phi) is 21.1. The SMILES string of the molecule is [Ca+2].[H-].[H-].[N-]=[N+]=O. The molecule has 0 aromatic rings. The monoisotopic (exact) mass is 86.0 g/mol. The molecule has 0 radical (unpaired) electrons. The maximum Gasteiger partial charge on any atom is 2.00 e. The van der Waals surface area contributed by atoms with Gasteiger partial charge in [0.15, 0.2) is 4.91 Å². The molecule has 0 saturated heterocycles. The Bertz CT molecular complexity index is 32.5. The van der Waals surface area contributed by atoms with E-state index in [9.17, 15) is 0 Å². The number of nitroso groups, excluding NO2 is 1. The quantitative estimate of drug-likeness (QED) is 0.226. The molecule has 0 rings (SSSR count). The zero-order chi connectivity index (χ0) is 2.71. The molecule has 0 aliphatic rings. The van der Waals surface area contributed by atoms with E-state index >= 15 is 0 Å². The van der Waals surface area contributed by atoms with Crippen LogP contribution in [0.1, 0.15) is 2.85 Å². The first-order valence-corrected chi connectivity index (χ1v) is 0.383. The van der Waals surface area contributed by atoms with Crippen LogP contribution in [0.3, 0.4) is 0 Å². The summed E-state index contributed by atoms with van der Waals surface area (Å²) in [5, 5.41) is 0. The molecule has 0 fully saturated rings. The van der Waals surface area contributed by atoms with Crippen LogP contribution in [-0.4, -0.2) is 37.7 Å². The first-order chi connectivity index (χ1) is 1.41. The summed E-state index contributed by atoms with van der Waals surface area (Å²) in [6.45, 7) is 0. The van der Waals surface area contributed by atoms with E-state index in [0.717, 1.165) is 0 Å². The Balaban J connectivity index is -0.00000000667. The van der Waals surface area contributed by atoms with Crippen LogP contribution in [0.5, 0.6) is 0 Å². The molecule has 0 heterocycles. The van der Waals surface area contributed by atoms with Crippen molar-refractivity contribution in [1.82, 2.24) is 4.97 Å². The van der Waals surface area contributed by atoms with Crippen LogP contribution >= 0.6 is 0 Å². The van der Waals surface area contributed by atoms with Gasteiger partial charge >= 0.3 is 37.7 Å². The molecular formula is H2CaN2O. The van der Waals surface area contributed by atoms with Gasteiger partial charge in [0, 0.05) is 0 Å². The molecule has 0 saturated carbocycles. The maximum atomic E-state index is 8.11. The molecule has 0 aromatic heterocycles. The van der Waals surface area contributed by atoms with E-state index in [1.807, 2.05) is 0 Å². The molecule has 0 amide bonds. The molecule has 4 heteroatoms. The molecule has 0 unspecified atom stereocenters. The van der Waals surface area contributed by atoms with Crippen molar-refractivity contribution < 1.29 is 2.85 Å². The Hall–Kier alpha value is 0.570. The molecule has 0 spiro atoms. The summed E-state index contributed by atoms with van der Waals surface area (Å²) in [6, 6.07) is 0. The first-order valence-electron chi connectivity index (χ1n) is 0.383. The van der Waals surface area contributed by atoms with Gasteiger partial charge in [0.25, 0.3) is 0 Å². The molecule has 20 valence electrons. The minimum atomic E-state index is 0. The van der Waals surface area contributed by atoms with Crippen LogP contribution in [0.25, 0.3) is 5.53 Å². The molecule has 4 heavy (non-hydrogen) atoms. The smallest absolute Gasteiger partial charge is 1.00 e. The summed E-state index contributed by atoms with van der Waals surface area (Å²) in [6.07, 6.45) is 0. The molecule has 0 aliphatic carbocycles. The third-order valence-electron chi connectivity index (χ3n) is 0. The van der Waals surface area contributed by atoms with Crippen molar-refractivity contribution in [1.29, 1.82) is 0 Å². The van der Waals surface area contributed by atoms with Crippen LogP contribution < -0.4 is 4.97 Å². The van der Waals surface area contributed by atoms with Gasteiger partial charge in [0.1, 0.15) is 4.97 Å². The van der Waals surface area contributed by atoms with Crippen molar-refractivity contribution >= 4 is 37.7 Å². The minimum absolute atomic E-state index is 0. The van der Waals surface area contributed by atoms with Crippen LogP contribution in [0, 0.1) is 4.91 Å². The average molecular weight is 86.1 g/mol. The van der Waals surface area contributed by atoms with Crippen molar-refractivity contribution in [2.45, 2.75) is 0 Å². The van der Waals surface area contributed by atoms with Crippen molar-refractivity contribution in [2.75, 3.05) is 0 Å². The first kappa shape index (κ1) is 8.82. The summed E-state index contributed by atoms with van der Waals surface area (Å²) in [4.78, 5) is 9.36. The van der Waals surface area contributed by atoms with Gasteiger partial charge in [-0.1, -0.05) is 0 Å². The molecule has 0 N–H and O–H groups in total. The van der Waals surface area contributed by atoms with Gasteiger partial charge in [-0.2, -0.15) is 0 Å². The normalized spacial score (nSPS) is 2.00. The van der Waals surface area contributed by atoms with E-state index in [0.29, 0.717) is 0 Å². The Labute approximate surface area is 55.8 Å². The van der Waals surface area contributed by atoms with Crippen molar-refractivity contribution in [3.63, 3.8) is 0 Å². The maximum absolute atomic E-state index is 8.11. The molecule has 0 atom stereocenters. The minimum Gasteiger partial charge on any atom is -1.00 e. The molecule has 3 nitrogen and oxygen atoms in total. The fourth-order valence-electron chi connectivity index (χ4n) is 0. The predicted molar refractivity (Wildman–Crippen MR) is 16.8 cm³/mol. The Morgan fingerprint density at radius 3 is 2.00 bits per heavy atom. The largest absolute Gasteiger partial charge is 2.00 e. The topological polar surface area (TPSA) is 53.5 Å². The third kappa shape index (κ3) is 19.5. The number of rotatable bonds is 0. The number of nitrogens with zero attached hydrogens (tertiary/aromatic N) is 2. The van der Waals surface area contributed by atoms with Gasteiger partial charge in [0.2, 0.25) is 0 Å². The number of hydrogen-bond acceptors (Lipinski definition) is 1. The van der Waals surface area contributed by atoms with Crippen LogP contribution in [0.2, 0.25) is 0 Å². The van der Waals surface area contributed by atoms with Gasteiger partial charge in [-0.05, 0) is 0 Å². The second-order valence-electron chi connectivity index (χ2n) is 0.0816. The predicted octanol–water partition coefficient (Wildman–Crippen LogP) is -0.314. The van der Waals surface area contributed by atoms with E-state index in [2.05, 4.69) is 0 Å². The average Bonchev–Trinajstić information content (AvgIpc) is 0.918.